The maximum absolute atomic E-state index is 16.1. The molecule has 33 heavy (non-hydrogen) atoms. The molecule has 1 atom stereocenters. The predicted octanol–water partition coefficient (Wildman–Crippen LogP) is 2.93. The van der Waals surface area contributed by atoms with Crippen molar-refractivity contribution in [2.24, 2.45) is 0 Å². The molecule has 5 rings (SSSR count). The first-order valence-corrected chi connectivity index (χ1v) is 10.8. The number of hydrogen-bond acceptors (Lipinski definition) is 6. The molecular formula is C25H22FN5O2. The van der Waals surface area contributed by atoms with Gasteiger partial charge in [0.05, 0.1) is 35.9 Å². The summed E-state index contributed by atoms with van der Waals surface area (Å²) in [5.41, 5.74) is 9.64. The number of amides is 1. The Balaban J connectivity index is 1.76. The molecule has 0 saturated carbocycles. The smallest absolute Gasteiger partial charge is 0.254 e. The van der Waals surface area contributed by atoms with E-state index in [4.69, 9.17) is 10.5 Å². The van der Waals surface area contributed by atoms with Gasteiger partial charge in [0.25, 0.3) is 5.91 Å². The van der Waals surface area contributed by atoms with Gasteiger partial charge < -0.3 is 15.4 Å². The van der Waals surface area contributed by atoms with Crippen LogP contribution in [0.2, 0.25) is 0 Å². The second kappa shape index (κ2) is 8.60. The van der Waals surface area contributed by atoms with Crippen molar-refractivity contribution >= 4 is 11.7 Å². The molecule has 2 aliphatic rings. The summed E-state index contributed by atoms with van der Waals surface area (Å²) in [4.78, 5) is 28.1. The molecule has 1 aliphatic carbocycles. The van der Waals surface area contributed by atoms with Crippen molar-refractivity contribution in [1.82, 2.24) is 19.9 Å². The number of nitrogens with two attached hydrogens (primary N) is 1. The zero-order chi connectivity index (χ0) is 22.9. The zero-order valence-electron chi connectivity index (χ0n) is 18.1. The van der Waals surface area contributed by atoms with Crippen LogP contribution in [0.3, 0.4) is 0 Å². The third-order valence-corrected chi connectivity index (χ3v) is 5.90. The van der Waals surface area contributed by atoms with Gasteiger partial charge in [0.1, 0.15) is 12.1 Å². The highest BCUT2D eigenvalue weighted by Crippen LogP contribution is 2.35. The molecule has 166 valence electrons. The van der Waals surface area contributed by atoms with E-state index in [9.17, 15) is 4.79 Å². The van der Waals surface area contributed by atoms with Crippen molar-refractivity contribution in [2.75, 3.05) is 32.0 Å². The summed E-state index contributed by atoms with van der Waals surface area (Å²) in [7, 11) is 0. The van der Waals surface area contributed by atoms with Crippen molar-refractivity contribution in [1.29, 1.82) is 0 Å². The standard InChI is InChI=1S/C25H22FN5O2/c1-2-20-18-7-3-15-5-8-21(27)30-24(15)22(26)19-13-16(23(18)29-14-28-20)4-6-17(19)25(32)31-9-11-33-12-10-31/h4-6,8,13-14,22H,2,9-12H2,1H3,(H2,27,30). The van der Waals surface area contributed by atoms with E-state index in [0.29, 0.717) is 55.1 Å². The Kier molecular flexibility index (Phi) is 5.48. The Hall–Kier alpha value is -3.83. The van der Waals surface area contributed by atoms with E-state index in [-0.39, 0.29) is 28.5 Å². The first kappa shape index (κ1) is 21.0. The summed E-state index contributed by atoms with van der Waals surface area (Å²) in [5, 5.41) is 0. The van der Waals surface area contributed by atoms with Gasteiger partial charge in [-0.2, -0.15) is 0 Å². The van der Waals surface area contributed by atoms with Crippen LogP contribution in [0.1, 0.15) is 51.5 Å². The quantitative estimate of drug-likeness (QED) is 0.612. The highest BCUT2D eigenvalue weighted by Gasteiger charge is 2.29. The Labute approximate surface area is 190 Å². The molecule has 8 heteroatoms. The maximum Gasteiger partial charge on any atom is 0.254 e. The van der Waals surface area contributed by atoms with E-state index in [0.717, 1.165) is 5.69 Å². The summed E-state index contributed by atoms with van der Waals surface area (Å²) in [6, 6.07) is 8.36. The number of nitrogens with zero attached hydrogens (tertiary/aromatic N) is 4. The van der Waals surface area contributed by atoms with E-state index in [1.54, 1.807) is 35.2 Å². The van der Waals surface area contributed by atoms with E-state index in [1.807, 2.05) is 6.92 Å². The van der Waals surface area contributed by atoms with Gasteiger partial charge in [0, 0.05) is 35.3 Å². The van der Waals surface area contributed by atoms with E-state index in [1.165, 1.54) is 6.33 Å². The lowest BCUT2D eigenvalue weighted by Gasteiger charge is -2.28. The summed E-state index contributed by atoms with van der Waals surface area (Å²) < 4.78 is 21.5. The second-order valence-corrected chi connectivity index (χ2v) is 7.89. The van der Waals surface area contributed by atoms with E-state index in [2.05, 4.69) is 26.8 Å². The number of carbonyl (C=O) groups is 1. The first-order chi connectivity index (χ1) is 16.1. The SMILES string of the molecule is CCc1ncnc2c1C#Cc1ccc(N)nc1C(F)c1cc-2ccc1C(=O)N1CCOCC1. The minimum absolute atomic E-state index is 0.0917. The van der Waals surface area contributed by atoms with Crippen LogP contribution in [0.25, 0.3) is 11.3 Å². The molecule has 1 saturated heterocycles. The number of nitrogen functional groups attached to an aromatic ring is 1. The molecule has 1 amide bonds. The van der Waals surface area contributed by atoms with Gasteiger partial charge in [-0.15, -0.1) is 0 Å². The second-order valence-electron chi connectivity index (χ2n) is 7.89. The molecule has 2 N–H and O–H groups in total. The fraction of sp³-hybridized carbons (Fsp3) is 0.280. The highest BCUT2D eigenvalue weighted by molar-refractivity contribution is 5.97. The number of pyridine rings is 1. The monoisotopic (exact) mass is 443 g/mol. The number of anilines is 1. The summed E-state index contributed by atoms with van der Waals surface area (Å²) >= 11 is 0. The number of fused-ring (bicyclic) bond motifs is 5. The summed E-state index contributed by atoms with van der Waals surface area (Å²) in [6.45, 7) is 3.82. The molecule has 2 bridgehead atoms. The largest absolute Gasteiger partial charge is 0.384 e. The third-order valence-electron chi connectivity index (χ3n) is 5.90. The van der Waals surface area contributed by atoms with Gasteiger partial charge in [-0.3, -0.25) is 4.79 Å². The number of halogens is 1. The molecule has 3 heterocycles. The number of morpholine rings is 1. The first-order valence-electron chi connectivity index (χ1n) is 10.8. The van der Waals surface area contributed by atoms with Gasteiger partial charge in [0.15, 0.2) is 6.17 Å². The maximum atomic E-state index is 16.1. The van der Waals surface area contributed by atoms with Crippen LogP contribution < -0.4 is 5.73 Å². The predicted molar refractivity (Wildman–Crippen MR) is 121 cm³/mol. The molecular weight excluding hydrogens is 421 g/mol. The minimum Gasteiger partial charge on any atom is -0.384 e. The summed E-state index contributed by atoms with van der Waals surface area (Å²) in [5.74, 6) is 6.12. The number of ether oxygens (including phenoxy) is 1. The normalized spacial score (nSPS) is 16.8. The minimum atomic E-state index is -1.69. The molecule has 1 aromatic carbocycles. The van der Waals surface area contributed by atoms with Gasteiger partial charge in [-0.25, -0.2) is 19.3 Å². The molecule has 0 radical (unpaired) electrons. The average Bonchev–Trinajstić information content (AvgIpc) is 2.86. The van der Waals surface area contributed by atoms with Gasteiger partial charge in [-0.1, -0.05) is 24.8 Å². The van der Waals surface area contributed by atoms with E-state index >= 15 is 4.39 Å². The number of benzene rings is 1. The van der Waals surface area contributed by atoms with Crippen LogP contribution in [0.15, 0.2) is 36.7 Å². The molecule has 2 aromatic heterocycles. The van der Waals surface area contributed by atoms with Crippen LogP contribution in [0.4, 0.5) is 10.2 Å². The van der Waals surface area contributed by atoms with Crippen molar-refractivity contribution in [3.63, 3.8) is 0 Å². The van der Waals surface area contributed by atoms with Crippen molar-refractivity contribution in [3.8, 4) is 23.1 Å². The number of hydrogen-bond donors (Lipinski definition) is 1. The Morgan fingerprint density at radius 1 is 1.21 bits per heavy atom. The number of aromatic nitrogens is 3. The molecule has 3 aromatic rings. The number of aryl methyl sites for hydroxylation is 1. The Bertz CT molecular complexity index is 1310. The fourth-order valence-electron chi connectivity index (χ4n) is 4.16. The average molecular weight is 443 g/mol. The Morgan fingerprint density at radius 3 is 2.82 bits per heavy atom. The van der Waals surface area contributed by atoms with Crippen LogP contribution in [0, 0.1) is 11.8 Å². The number of alkyl halides is 1. The van der Waals surface area contributed by atoms with Crippen LogP contribution in [-0.4, -0.2) is 52.1 Å². The van der Waals surface area contributed by atoms with Crippen LogP contribution in [-0.2, 0) is 11.2 Å². The van der Waals surface area contributed by atoms with E-state index < -0.39 is 6.17 Å². The van der Waals surface area contributed by atoms with Crippen molar-refractivity contribution in [3.05, 3.63) is 70.3 Å². The molecule has 1 fully saturated rings. The van der Waals surface area contributed by atoms with Crippen LogP contribution >= 0.6 is 0 Å². The highest BCUT2D eigenvalue weighted by atomic mass is 19.1. The summed E-state index contributed by atoms with van der Waals surface area (Å²) in [6.07, 6.45) is 0.464. The van der Waals surface area contributed by atoms with Gasteiger partial charge >= 0.3 is 0 Å². The van der Waals surface area contributed by atoms with Crippen molar-refractivity contribution in [2.45, 2.75) is 19.5 Å². The third kappa shape index (κ3) is 3.81. The lowest BCUT2D eigenvalue weighted by Crippen LogP contribution is -2.41. The Morgan fingerprint density at radius 2 is 2.03 bits per heavy atom. The zero-order valence-corrected chi connectivity index (χ0v) is 18.1. The van der Waals surface area contributed by atoms with Crippen molar-refractivity contribution < 1.29 is 13.9 Å². The lowest BCUT2D eigenvalue weighted by molar-refractivity contribution is 0.0301. The van der Waals surface area contributed by atoms with Gasteiger partial charge in [-0.05, 0) is 30.7 Å². The molecule has 1 unspecified atom stereocenters. The number of rotatable bonds is 2. The molecule has 1 aliphatic heterocycles. The fourth-order valence-corrected chi connectivity index (χ4v) is 4.16. The lowest BCUT2D eigenvalue weighted by atomic mass is 9.92. The van der Waals surface area contributed by atoms with Crippen LogP contribution in [0.5, 0.6) is 0 Å². The topological polar surface area (TPSA) is 94.2 Å². The molecule has 7 nitrogen and oxygen atoms in total. The number of carbonyl (C=O) groups excluding carboxylic acids is 1. The molecule has 0 spiro atoms. The van der Waals surface area contributed by atoms with Gasteiger partial charge in [0.2, 0.25) is 0 Å².